The van der Waals surface area contributed by atoms with E-state index in [1.165, 1.54) is 77.0 Å². The van der Waals surface area contributed by atoms with Crippen molar-refractivity contribution < 1.29 is 39.8 Å². The summed E-state index contributed by atoms with van der Waals surface area (Å²) in [7, 11) is 0. The minimum atomic E-state index is -1.58. The molecule has 378 valence electrons. The zero-order valence-corrected chi connectivity index (χ0v) is 41.7. The molecule has 1 fully saturated rings. The van der Waals surface area contributed by atoms with Crippen LogP contribution in [0.5, 0.6) is 0 Å². The van der Waals surface area contributed by atoms with Crippen LogP contribution >= 0.6 is 0 Å². The lowest BCUT2D eigenvalue weighted by atomic mass is 9.99. The number of allylic oxidation sites excluding steroid dienone is 15. The van der Waals surface area contributed by atoms with E-state index in [4.69, 9.17) is 9.47 Å². The quantitative estimate of drug-likeness (QED) is 0.0262. The van der Waals surface area contributed by atoms with Crippen molar-refractivity contribution in [1.82, 2.24) is 5.32 Å². The average molecular weight is 924 g/mol. The number of unbranched alkanes of at least 4 members (excludes halogenated alkanes) is 19. The lowest BCUT2D eigenvalue weighted by Crippen LogP contribution is -2.60. The number of hydrogen-bond acceptors (Lipinski definition) is 8. The fourth-order valence-corrected chi connectivity index (χ4v) is 7.68. The van der Waals surface area contributed by atoms with Crippen molar-refractivity contribution >= 4 is 5.91 Å². The Morgan fingerprint density at radius 1 is 0.530 bits per heavy atom. The molecule has 0 aliphatic carbocycles. The first-order valence-electron chi connectivity index (χ1n) is 26.5. The molecule has 7 atom stereocenters. The summed E-state index contributed by atoms with van der Waals surface area (Å²) in [4.78, 5) is 13.0. The van der Waals surface area contributed by atoms with Crippen molar-refractivity contribution in [3.63, 3.8) is 0 Å². The van der Waals surface area contributed by atoms with Crippen LogP contribution in [0.25, 0.3) is 0 Å². The maximum Gasteiger partial charge on any atom is 0.220 e. The summed E-state index contributed by atoms with van der Waals surface area (Å²) in [5, 5.41) is 54.4. The molecule has 0 radical (unpaired) electrons. The third-order valence-corrected chi connectivity index (χ3v) is 11.9. The summed E-state index contributed by atoms with van der Waals surface area (Å²) in [5.41, 5.74) is 0. The Kier molecular flexibility index (Phi) is 42.5. The minimum Gasteiger partial charge on any atom is -0.394 e. The lowest BCUT2D eigenvalue weighted by molar-refractivity contribution is -0.302. The predicted octanol–water partition coefficient (Wildman–Crippen LogP) is 12.5. The van der Waals surface area contributed by atoms with Crippen molar-refractivity contribution in [2.45, 2.75) is 243 Å². The fourth-order valence-electron chi connectivity index (χ4n) is 7.68. The molecule has 0 aromatic rings. The molecule has 9 nitrogen and oxygen atoms in total. The van der Waals surface area contributed by atoms with Gasteiger partial charge in [0.1, 0.15) is 24.4 Å². The third-order valence-electron chi connectivity index (χ3n) is 11.9. The molecule has 0 saturated carbocycles. The summed E-state index contributed by atoms with van der Waals surface area (Å²) in [5.74, 6) is -0.213. The largest absolute Gasteiger partial charge is 0.394 e. The van der Waals surface area contributed by atoms with E-state index >= 15 is 0 Å². The molecule has 0 aromatic carbocycles. The summed E-state index contributed by atoms with van der Waals surface area (Å²) >= 11 is 0. The van der Waals surface area contributed by atoms with Gasteiger partial charge < -0.3 is 40.3 Å². The van der Waals surface area contributed by atoms with Gasteiger partial charge in [-0.25, -0.2) is 0 Å². The number of rotatable bonds is 43. The number of ether oxygens (including phenoxy) is 2. The molecular formula is C57H97NO8. The van der Waals surface area contributed by atoms with Crippen LogP contribution in [0.15, 0.2) is 97.2 Å². The zero-order valence-electron chi connectivity index (χ0n) is 41.7. The Bertz CT molecular complexity index is 1350. The predicted molar refractivity (Wildman–Crippen MR) is 276 cm³/mol. The molecular weight excluding hydrogens is 827 g/mol. The average Bonchev–Trinajstić information content (AvgIpc) is 3.32. The number of aliphatic hydroxyl groups is 5. The van der Waals surface area contributed by atoms with Gasteiger partial charge in [-0.05, 0) is 89.9 Å². The van der Waals surface area contributed by atoms with Gasteiger partial charge in [0, 0.05) is 6.42 Å². The highest BCUT2D eigenvalue weighted by Crippen LogP contribution is 2.22. The maximum absolute atomic E-state index is 13.0. The van der Waals surface area contributed by atoms with Gasteiger partial charge in [0.05, 0.1) is 25.4 Å². The van der Waals surface area contributed by atoms with Crippen LogP contribution in [0.2, 0.25) is 0 Å². The van der Waals surface area contributed by atoms with Gasteiger partial charge in [-0.1, -0.05) is 201 Å². The third kappa shape index (κ3) is 35.3. The van der Waals surface area contributed by atoms with Gasteiger partial charge in [-0.15, -0.1) is 0 Å². The molecule has 0 aromatic heterocycles. The molecule has 1 aliphatic heterocycles. The number of nitrogens with one attached hydrogen (secondary N) is 1. The molecule has 1 rings (SSSR count). The molecule has 1 amide bonds. The Morgan fingerprint density at radius 2 is 0.955 bits per heavy atom. The van der Waals surface area contributed by atoms with E-state index in [9.17, 15) is 30.3 Å². The molecule has 66 heavy (non-hydrogen) atoms. The van der Waals surface area contributed by atoms with Crippen molar-refractivity contribution in [1.29, 1.82) is 0 Å². The summed E-state index contributed by atoms with van der Waals surface area (Å²) < 4.78 is 11.2. The topological polar surface area (TPSA) is 149 Å². The summed E-state index contributed by atoms with van der Waals surface area (Å²) in [6, 6.07) is -0.846. The number of carbonyl (C=O) groups is 1. The normalized spacial score (nSPS) is 20.6. The molecule has 7 unspecified atom stereocenters. The van der Waals surface area contributed by atoms with Crippen molar-refractivity contribution in [3.8, 4) is 0 Å². The number of aliphatic hydroxyl groups excluding tert-OH is 5. The smallest absolute Gasteiger partial charge is 0.220 e. The van der Waals surface area contributed by atoms with E-state index < -0.39 is 49.5 Å². The van der Waals surface area contributed by atoms with E-state index in [2.05, 4.69) is 104 Å². The van der Waals surface area contributed by atoms with Crippen LogP contribution in [-0.4, -0.2) is 87.5 Å². The molecule has 1 heterocycles. The second kappa shape index (κ2) is 45.9. The van der Waals surface area contributed by atoms with E-state index in [-0.39, 0.29) is 12.5 Å². The highest BCUT2D eigenvalue weighted by Gasteiger charge is 2.44. The van der Waals surface area contributed by atoms with Crippen LogP contribution in [0.1, 0.15) is 200 Å². The Morgan fingerprint density at radius 3 is 1.45 bits per heavy atom. The van der Waals surface area contributed by atoms with Gasteiger partial charge in [0.25, 0.3) is 0 Å². The molecule has 0 bridgehead atoms. The fraction of sp³-hybridized carbons (Fsp3) is 0.702. The van der Waals surface area contributed by atoms with E-state index in [0.29, 0.717) is 6.42 Å². The molecule has 0 spiro atoms. The van der Waals surface area contributed by atoms with E-state index in [1.54, 1.807) is 6.08 Å². The molecule has 6 N–H and O–H groups in total. The summed E-state index contributed by atoms with van der Waals surface area (Å²) in [6.07, 6.45) is 58.8. The Labute approximate surface area is 403 Å². The highest BCUT2D eigenvalue weighted by atomic mass is 16.7. The second-order valence-corrected chi connectivity index (χ2v) is 17.9. The van der Waals surface area contributed by atoms with Crippen LogP contribution in [-0.2, 0) is 14.3 Å². The Hall–Kier alpha value is -2.89. The van der Waals surface area contributed by atoms with E-state index in [1.807, 2.05) is 6.08 Å². The monoisotopic (exact) mass is 924 g/mol. The first kappa shape index (κ1) is 61.1. The SMILES string of the molecule is CC/C=C\C/C=C\C/C=C\C/C=C\C/C=C\CCCCCCCC(=O)NC(COC1OC(CO)C(O)C(O)C1O)C(O)/C=C/CC/C=C/CC/C=C/CCCCCCCCCCCCCC. The van der Waals surface area contributed by atoms with Gasteiger partial charge in [-0.2, -0.15) is 0 Å². The second-order valence-electron chi connectivity index (χ2n) is 17.9. The van der Waals surface area contributed by atoms with Crippen LogP contribution in [0.3, 0.4) is 0 Å². The zero-order chi connectivity index (χ0) is 48.0. The standard InChI is InChI=1S/C57H97NO8/c1-3-5-7-9-11-13-15-17-19-21-23-25-27-28-30-32-34-36-38-40-42-44-46-51(60)50(49-65-57-56(64)55(63)54(62)52(48-59)66-57)58-53(61)47-45-43-41-39-37-35-33-31-29-26-24-22-20-18-16-14-12-10-8-6-4-2/h6,8,12,14,18,20,24,26,28,30-31,33,36,38,44,46,50-52,54-57,59-60,62-64H,3-5,7,9-11,13,15-17,19,21-23,25,27,29,32,34-35,37,39-43,45,47-49H2,1-2H3,(H,58,61)/b8-6-,14-12-,20-18-,26-24-,30-28+,33-31-,38-36+,46-44+. The van der Waals surface area contributed by atoms with Crippen molar-refractivity contribution in [2.24, 2.45) is 0 Å². The Balaban J connectivity index is 2.35. The molecule has 1 aliphatic rings. The molecule has 1 saturated heterocycles. The van der Waals surface area contributed by atoms with Crippen molar-refractivity contribution in [2.75, 3.05) is 13.2 Å². The van der Waals surface area contributed by atoms with Gasteiger partial charge >= 0.3 is 0 Å². The summed E-state index contributed by atoms with van der Waals surface area (Å²) in [6.45, 7) is 3.62. The number of hydrogen-bond donors (Lipinski definition) is 6. The van der Waals surface area contributed by atoms with Crippen LogP contribution in [0.4, 0.5) is 0 Å². The minimum absolute atomic E-state index is 0.213. The van der Waals surface area contributed by atoms with E-state index in [0.717, 1.165) is 103 Å². The highest BCUT2D eigenvalue weighted by molar-refractivity contribution is 5.76. The van der Waals surface area contributed by atoms with Crippen molar-refractivity contribution in [3.05, 3.63) is 97.2 Å². The van der Waals surface area contributed by atoms with Crippen LogP contribution in [0, 0.1) is 0 Å². The first-order valence-corrected chi connectivity index (χ1v) is 26.5. The maximum atomic E-state index is 13.0. The van der Waals surface area contributed by atoms with Gasteiger partial charge in [0.2, 0.25) is 5.91 Å². The van der Waals surface area contributed by atoms with Crippen LogP contribution < -0.4 is 5.32 Å². The van der Waals surface area contributed by atoms with Gasteiger partial charge in [0.15, 0.2) is 6.29 Å². The number of carbonyl (C=O) groups excluding carboxylic acids is 1. The van der Waals surface area contributed by atoms with Gasteiger partial charge in [-0.3, -0.25) is 4.79 Å². The lowest BCUT2D eigenvalue weighted by Gasteiger charge is -2.40. The number of amides is 1. The first-order chi connectivity index (χ1) is 32.3. The molecule has 9 heteroatoms.